The number of methoxy groups -OCH3 is 1. The van der Waals surface area contributed by atoms with Crippen molar-refractivity contribution in [3.63, 3.8) is 0 Å². The lowest BCUT2D eigenvalue weighted by atomic mass is 10.0. The van der Waals surface area contributed by atoms with E-state index in [0.717, 1.165) is 12.8 Å². The van der Waals surface area contributed by atoms with Gasteiger partial charge in [0.15, 0.2) is 23.0 Å². The summed E-state index contributed by atoms with van der Waals surface area (Å²) in [5, 5.41) is 0.419. The van der Waals surface area contributed by atoms with E-state index in [-0.39, 0.29) is 12.2 Å². The van der Waals surface area contributed by atoms with Crippen molar-refractivity contribution < 1.29 is 23.4 Å². The predicted molar refractivity (Wildman–Crippen MR) is 129 cm³/mol. The van der Waals surface area contributed by atoms with Crippen LogP contribution in [0.5, 0.6) is 23.0 Å². The molecule has 33 heavy (non-hydrogen) atoms. The largest absolute Gasteiger partial charge is 0.493 e. The smallest absolute Gasteiger partial charge is 0.231 e. The summed E-state index contributed by atoms with van der Waals surface area (Å²) >= 11 is 0. The third kappa shape index (κ3) is 5.06. The third-order valence-corrected chi connectivity index (χ3v) is 5.50. The first-order valence-corrected chi connectivity index (χ1v) is 10.9. The molecule has 0 fully saturated rings. The lowest BCUT2D eigenvalue weighted by Crippen LogP contribution is -2.06. The minimum atomic E-state index is -0.157. The second-order valence-electron chi connectivity index (χ2n) is 8.23. The SMILES string of the molecule is COc1cc2c(=O)c(-c3ccc4c(c3)OCO4)coc2cc1OC/C=C(\C)CCC=C(C)C. The summed E-state index contributed by atoms with van der Waals surface area (Å²) in [4.78, 5) is 13.2. The van der Waals surface area contributed by atoms with Crippen LogP contribution in [-0.2, 0) is 0 Å². The summed E-state index contributed by atoms with van der Waals surface area (Å²) in [5.41, 5.74) is 3.99. The van der Waals surface area contributed by atoms with Crippen LogP contribution in [0.4, 0.5) is 0 Å². The monoisotopic (exact) mass is 448 g/mol. The van der Waals surface area contributed by atoms with Gasteiger partial charge in [-0.2, -0.15) is 0 Å². The van der Waals surface area contributed by atoms with Gasteiger partial charge in [0.05, 0.1) is 18.1 Å². The second kappa shape index (κ2) is 9.86. The minimum Gasteiger partial charge on any atom is -0.493 e. The predicted octanol–water partition coefficient (Wildman–Crippen LogP) is 6.27. The molecular weight excluding hydrogens is 420 g/mol. The average Bonchev–Trinajstić information content (AvgIpc) is 3.27. The Labute approximate surface area is 193 Å². The number of hydrogen-bond acceptors (Lipinski definition) is 6. The van der Waals surface area contributed by atoms with Crippen molar-refractivity contribution in [1.29, 1.82) is 0 Å². The summed E-state index contributed by atoms with van der Waals surface area (Å²) in [6, 6.07) is 8.74. The molecule has 0 amide bonds. The van der Waals surface area contributed by atoms with Crippen LogP contribution < -0.4 is 24.4 Å². The topological polar surface area (TPSA) is 67.1 Å². The Morgan fingerprint density at radius 2 is 1.85 bits per heavy atom. The lowest BCUT2D eigenvalue weighted by molar-refractivity contribution is 0.174. The quantitative estimate of drug-likeness (QED) is 0.379. The van der Waals surface area contributed by atoms with E-state index in [0.29, 0.717) is 51.7 Å². The van der Waals surface area contributed by atoms with E-state index in [2.05, 4.69) is 32.9 Å². The van der Waals surface area contributed by atoms with Crippen molar-refractivity contribution >= 4 is 11.0 Å². The molecule has 0 atom stereocenters. The van der Waals surface area contributed by atoms with Gasteiger partial charge in [0.25, 0.3) is 0 Å². The number of hydrogen-bond donors (Lipinski definition) is 0. The van der Waals surface area contributed by atoms with E-state index in [4.69, 9.17) is 23.4 Å². The van der Waals surface area contributed by atoms with Crippen LogP contribution in [-0.4, -0.2) is 20.5 Å². The zero-order valence-corrected chi connectivity index (χ0v) is 19.4. The van der Waals surface area contributed by atoms with Crippen molar-refractivity contribution in [2.45, 2.75) is 33.6 Å². The molecule has 0 radical (unpaired) electrons. The summed E-state index contributed by atoms with van der Waals surface area (Å²) in [5.74, 6) is 2.27. The maximum atomic E-state index is 13.2. The van der Waals surface area contributed by atoms with Crippen LogP contribution in [0.2, 0.25) is 0 Å². The van der Waals surface area contributed by atoms with Crippen LogP contribution in [0, 0.1) is 0 Å². The lowest BCUT2D eigenvalue weighted by Gasteiger charge is -2.11. The number of benzene rings is 2. The molecule has 1 aliphatic heterocycles. The summed E-state index contributed by atoms with van der Waals surface area (Å²) in [6.07, 6.45) is 7.75. The Balaban J connectivity index is 1.57. The van der Waals surface area contributed by atoms with Crippen molar-refractivity contribution in [2.75, 3.05) is 20.5 Å². The maximum Gasteiger partial charge on any atom is 0.231 e. The summed E-state index contributed by atoms with van der Waals surface area (Å²) < 4.78 is 28.0. The van der Waals surface area contributed by atoms with E-state index in [1.165, 1.54) is 17.4 Å². The molecule has 0 saturated heterocycles. The minimum absolute atomic E-state index is 0.157. The van der Waals surface area contributed by atoms with E-state index in [1.807, 2.05) is 6.07 Å². The Kier molecular flexibility index (Phi) is 6.73. The molecule has 0 aliphatic carbocycles. The molecule has 3 aromatic rings. The molecule has 0 bridgehead atoms. The van der Waals surface area contributed by atoms with E-state index in [1.54, 1.807) is 31.4 Å². The normalized spacial score (nSPS) is 12.7. The van der Waals surface area contributed by atoms with Crippen molar-refractivity contribution in [1.82, 2.24) is 0 Å². The molecule has 2 heterocycles. The standard InChI is InChI=1S/C27H28O6/c1-17(2)6-5-7-18(3)10-11-30-26-14-23-20(13-24(26)29-4)27(28)21(15-31-23)19-8-9-22-25(12-19)33-16-32-22/h6,8-10,12-15H,5,7,11,16H2,1-4H3/b18-10+. The molecule has 172 valence electrons. The first-order valence-electron chi connectivity index (χ1n) is 10.9. The van der Waals surface area contributed by atoms with E-state index < -0.39 is 0 Å². The number of ether oxygens (including phenoxy) is 4. The highest BCUT2D eigenvalue weighted by atomic mass is 16.7. The van der Waals surface area contributed by atoms with Crippen LogP contribution in [0.3, 0.4) is 0 Å². The van der Waals surface area contributed by atoms with Gasteiger partial charge in [0, 0.05) is 6.07 Å². The molecule has 6 heteroatoms. The molecule has 2 aromatic carbocycles. The molecule has 4 rings (SSSR count). The molecule has 1 aromatic heterocycles. The second-order valence-corrected chi connectivity index (χ2v) is 8.23. The molecule has 6 nitrogen and oxygen atoms in total. The first-order chi connectivity index (χ1) is 16.0. The fourth-order valence-electron chi connectivity index (χ4n) is 3.64. The molecule has 0 spiro atoms. The summed E-state index contributed by atoms with van der Waals surface area (Å²) in [6.45, 7) is 6.88. The van der Waals surface area contributed by atoms with Gasteiger partial charge in [0.1, 0.15) is 18.5 Å². The third-order valence-electron chi connectivity index (χ3n) is 5.50. The van der Waals surface area contributed by atoms with Gasteiger partial charge in [-0.1, -0.05) is 23.3 Å². The fraction of sp³-hybridized carbons (Fsp3) is 0.296. The molecule has 0 unspecified atom stereocenters. The highest BCUT2D eigenvalue weighted by molar-refractivity contribution is 5.85. The highest BCUT2D eigenvalue weighted by Gasteiger charge is 2.18. The van der Waals surface area contributed by atoms with Gasteiger partial charge >= 0.3 is 0 Å². The summed E-state index contributed by atoms with van der Waals surface area (Å²) in [7, 11) is 1.55. The van der Waals surface area contributed by atoms with E-state index >= 15 is 0 Å². The number of fused-ring (bicyclic) bond motifs is 2. The van der Waals surface area contributed by atoms with Crippen LogP contribution in [0.15, 0.2) is 69.1 Å². The highest BCUT2D eigenvalue weighted by Crippen LogP contribution is 2.36. The van der Waals surface area contributed by atoms with Gasteiger partial charge in [-0.25, -0.2) is 0 Å². The number of rotatable bonds is 8. The van der Waals surface area contributed by atoms with Crippen molar-refractivity contribution in [3.8, 4) is 34.1 Å². The Morgan fingerprint density at radius 1 is 1.03 bits per heavy atom. The zero-order chi connectivity index (χ0) is 23.4. The zero-order valence-electron chi connectivity index (χ0n) is 19.4. The number of allylic oxidation sites excluding steroid dienone is 3. The van der Waals surface area contributed by atoms with Gasteiger partial charge in [0.2, 0.25) is 12.2 Å². The molecule has 0 N–H and O–H groups in total. The van der Waals surface area contributed by atoms with Gasteiger partial charge in [-0.3, -0.25) is 4.79 Å². The Hall–Kier alpha value is -3.67. The average molecular weight is 449 g/mol. The van der Waals surface area contributed by atoms with Gasteiger partial charge in [-0.15, -0.1) is 0 Å². The van der Waals surface area contributed by atoms with E-state index in [9.17, 15) is 4.79 Å². The van der Waals surface area contributed by atoms with Crippen LogP contribution in [0.25, 0.3) is 22.1 Å². The van der Waals surface area contributed by atoms with Gasteiger partial charge in [-0.05, 0) is 63.5 Å². The first kappa shape index (κ1) is 22.5. The Morgan fingerprint density at radius 3 is 2.64 bits per heavy atom. The van der Waals surface area contributed by atoms with Crippen LogP contribution >= 0.6 is 0 Å². The molecule has 1 aliphatic rings. The maximum absolute atomic E-state index is 13.2. The molecular formula is C27H28O6. The Bertz CT molecular complexity index is 1280. The van der Waals surface area contributed by atoms with Crippen molar-refractivity contribution in [3.05, 3.63) is 70.1 Å². The van der Waals surface area contributed by atoms with Gasteiger partial charge < -0.3 is 23.4 Å². The van der Waals surface area contributed by atoms with Crippen LogP contribution in [0.1, 0.15) is 33.6 Å². The fourth-order valence-corrected chi connectivity index (χ4v) is 3.64. The van der Waals surface area contributed by atoms with Crippen molar-refractivity contribution in [2.24, 2.45) is 0 Å². The molecule has 0 saturated carbocycles.